The van der Waals surface area contributed by atoms with E-state index in [1.165, 1.54) is 6.26 Å². The minimum Gasteiger partial charge on any atom is -0.324 e. The summed E-state index contributed by atoms with van der Waals surface area (Å²) in [6, 6.07) is 1.74. The molecule has 0 aliphatic rings. The fraction of sp³-hybridized carbons (Fsp3) is 0.500. The van der Waals surface area contributed by atoms with Gasteiger partial charge in [-0.3, -0.25) is 4.98 Å². The van der Waals surface area contributed by atoms with E-state index in [9.17, 15) is 8.42 Å². The minimum absolute atomic E-state index is 0.160. The maximum atomic E-state index is 10.9. The Labute approximate surface area is 104 Å². The quantitative estimate of drug-likeness (QED) is 0.898. The van der Waals surface area contributed by atoms with Crippen molar-refractivity contribution in [3.05, 3.63) is 28.5 Å². The van der Waals surface area contributed by atoms with Crippen LogP contribution in [0.2, 0.25) is 0 Å². The van der Waals surface area contributed by atoms with Crippen LogP contribution in [0.1, 0.15) is 24.4 Å². The predicted octanol–water partition coefficient (Wildman–Crippen LogP) is 1.67. The smallest absolute Gasteiger partial charge is 0.147 e. The molecule has 6 heteroatoms. The molecule has 0 aliphatic heterocycles. The van der Waals surface area contributed by atoms with Crippen LogP contribution in [0.25, 0.3) is 0 Å². The first kappa shape index (κ1) is 13.6. The molecule has 1 unspecified atom stereocenters. The van der Waals surface area contributed by atoms with Crippen LogP contribution < -0.4 is 5.73 Å². The Morgan fingerprint density at radius 1 is 1.50 bits per heavy atom. The molecule has 0 aromatic carbocycles. The number of hydrogen-bond donors (Lipinski definition) is 1. The number of sulfone groups is 1. The molecule has 0 amide bonds. The SMILES string of the molecule is CS(=O)(=O)CCCC(N)c1cncc(Br)c1. The highest BCUT2D eigenvalue weighted by Crippen LogP contribution is 2.18. The first-order chi connectivity index (χ1) is 7.38. The van der Waals surface area contributed by atoms with Gasteiger partial charge in [-0.05, 0) is 40.4 Å². The van der Waals surface area contributed by atoms with Gasteiger partial charge in [0.25, 0.3) is 0 Å². The van der Waals surface area contributed by atoms with Crippen molar-refractivity contribution < 1.29 is 8.42 Å². The molecule has 90 valence electrons. The van der Waals surface area contributed by atoms with Crippen LogP contribution in [0.5, 0.6) is 0 Å². The first-order valence-electron chi connectivity index (χ1n) is 4.92. The normalized spacial score (nSPS) is 13.7. The summed E-state index contributed by atoms with van der Waals surface area (Å²) in [7, 11) is -2.89. The molecule has 2 N–H and O–H groups in total. The van der Waals surface area contributed by atoms with Crippen molar-refractivity contribution in [1.29, 1.82) is 0 Å². The molecule has 4 nitrogen and oxygen atoms in total. The lowest BCUT2D eigenvalue weighted by molar-refractivity contribution is 0.587. The molecule has 0 fully saturated rings. The molecule has 0 saturated heterocycles. The van der Waals surface area contributed by atoms with Crippen molar-refractivity contribution >= 4 is 25.8 Å². The maximum absolute atomic E-state index is 10.9. The first-order valence-corrected chi connectivity index (χ1v) is 7.77. The second kappa shape index (κ2) is 5.75. The summed E-state index contributed by atoms with van der Waals surface area (Å²) in [5.41, 5.74) is 6.86. The maximum Gasteiger partial charge on any atom is 0.147 e. The number of nitrogens with two attached hydrogens (primary N) is 1. The number of halogens is 1. The monoisotopic (exact) mass is 306 g/mol. The average molecular weight is 307 g/mol. The van der Waals surface area contributed by atoms with Gasteiger partial charge in [0.05, 0.1) is 0 Å². The zero-order valence-corrected chi connectivity index (χ0v) is 11.5. The average Bonchev–Trinajstić information content (AvgIpc) is 2.15. The third-order valence-corrected chi connectivity index (χ3v) is 3.65. The van der Waals surface area contributed by atoms with Crippen molar-refractivity contribution in [2.75, 3.05) is 12.0 Å². The van der Waals surface area contributed by atoms with Crippen molar-refractivity contribution in [1.82, 2.24) is 4.98 Å². The standard InChI is InChI=1S/C10H15BrN2O2S/c1-16(14,15)4-2-3-10(12)8-5-9(11)7-13-6-8/h5-7,10H,2-4,12H2,1H3. The fourth-order valence-electron chi connectivity index (χ4n) is 1.36. The van der Waals surface area contributed by atoms with Gasteiger partial charge in [0.2, 0.25) is 0 Å². The van der Waals surface area contributed by atoms with E-state index >= 15 is 0 Å². The third-order valence-electron chi connectivity index (χ3n) is 2.18. The number of aromatic nitrogens is 1. The number of nitrogens with zero attached hydrogens (tertiary/aromatic N) is 1. The van der Waals surface area contributed by atoms with Crippen LogP contribution in [0, 0.1) is 0 Å². The van der Waals surface area contributed by atoms with Crippen molar-refractivity contribution in [2.24, 2.45) is 5.73 Å². The molecule has 1 aromatic heterocycles. The molecular formula is C10H15BrN2O2S. The largest absolute Gasteiger partial charge is 0.324 e. The van der Waals surface area contributed by atoms with Gasteiger partial charge in [0.1, 0.15) is 9.84 Å². The van der Waals surface area contributed by atoms with Crippen LogP contribution in [0.15, 0.2) is 22.9 Å². The Balaban J connectivity index is 2.50. The van der Waals surface area contributed by atoms with Gasteiger partial charge in [0.15, 0.2) is 0 Å². The van der Waals surface area contributed by atoms with Crippen LogP contribution in [-0.2, 0) is 9.84 Å². The lowest BCUT2D eigenvalue weighted by Gasteiger charge is -2.11. The molecule has 1 rings (SSSR count). The van der Waals surface area contributed by atoms with Crippen molar-refractivity contribution in [2.45, 2.75) is 18.9 Å². The van der Waals surface area contributed by atoms with Crippen LogP contribution >= 0.6 is 15.9 Å². The molecule has 0 bridgehead atoms. The summed E-state index contributed by atoms with van der Waals surface area (Å²) >= 11 is 3.32. The number of pyridine rings is 1. The number of hydrogen-bond acceptors (Lipinski definition) is 4. The van der Waals surface area contributed by atoms with Gasteiger partial charge in [-0.1, -0.05) is 0 Å². The van der Waals surface area contributed by atoms with E-state index in [2.05, 4.69) is 20.9 Å². The molecule has 0 saturated carbocycles. The highest BCUT2D eigenvalue weighted by Gasteiger charge is 2.09. The molecule has 1 aromatic rings. The Morgan fingerprint density at radius 2 is 2.19 bits per heavy atom. The topological polar surface area (TPSA) is 73.0 Å². The minimum atomic E-state index is -2.89. The van der Waals surface area contributed by atoms with Gasteiger partial charge in [-0.25, -0.2) is 8.42 Å². The molecule has 0 spiro atoms. The molecule has 0 aliphatic carbocycles. The van der Waals surface area contributed by atoms with Crippen LogP contribution in [0.4, 0.5) is 0 Å². The molecule has 16 heavy (non-hydrogen) atoms. The third kappa shape index (κ3) is 5.05. The van der Waals surface area contributed by atoms with Gasteiger partial charge in [-0.2, -0.15) is 0 Å². The van der Waals surface area contributed by atoms with E-state index in [1.807, 2.05) is 6.07 Å². The zero-order chi connectivity index (χ0) is 12.2. The lowest BCUT2D eigenvalue weighted by Crippen LogP contribution is -2.13. The second-order valence-electron chi connectivity index (χ2n) is 3.82. The Morgan fingerprint density at radius 3 is 2.75 bits per heavy atom. The Hall–Kier alpha value is -0.460. The number of rotatable bonds is 5. The van der Waals surface area contributed by atoms with Gasteiger partial charge in [-0.15, -0.1) is 0 Å². The van der Waals surface area contributed by atoms with Crippen LogP contribution in [0.3, 0.4) is 0 Å². The summed E-state index contributed by atoms with van der Waals surface area (Å²) in [5, 5.41) is 0. The summed E-state index contributed by atoms with van der Waals surface area (Å²) in [5.74, 6) is 0.183. The predicted molar refractivity (Wildman–Crippen MR) is 67.8 cm³/mol. The van der Waals surface area contributed by atoms with E-state index in [0.29, 0.717) is 12.8 Å². The second-order valence-corrected chi connectivity index (χ2v) is 6.99. The van der Waals surface area contributed by atoms with Gasteiger partial charge >= 0.3 is 0 Å². The van der Waals surface area contributed by atoms with E-state index in [-0.39, 0.29) is 11.8 Å². The van der Waals surface area contributed by atoms with Crippen molar-refractivity contribution in [3.8, 4) is 0 Å². The highest BCUT2D eigenvalue weighted by atomic mass is 79.9. The van der Waals surface area contributed by atoms with E-state index in [0.717, 1.165) is 10.0 Å². The van der Waals surface area contributed by atoms with Crippen LogP contribution in [-0.4, -0.2) is 25.4 Å². The molecule has 0 radical (unpaired) electrons. The van der Waals surface area contributed by atoms with Crippen molar-refractivity contribution in [3.63, 3.8) is 0 Å². The molecular weight excluding hydrogens is 292 g/mol. The Bertz CT molecular complexity index is 448. The van der Waals surface area contributed by atoms with E-state index < -0.39 is 9.84 Å². The summed E-state index contributed by atoms with van der Waals surface area (Å²) < 4.78 is 22.8. The fourth-order valence-corrected chi connectivity index (χ4v) is 2.44. The summed E-state index contributed by atoms with van der Waals surface area (Å²) in [6.45, 7) is 0. The Kier molecular flexibility index (Phi) is 4.89. The summed E-state index contributed by atoms with van der Waals surface area (Å²) in [6.07, 6.45) is 5.85. The van der Waals surface area contributed by atoms with E-state index in [4.69, 9.17) is 5.73 Å². The highest BCUT2D eigenvalue weighted by molar-refractivity contribution is 9.10. The van der Waals surface area contributed by atoms with Gasteiger partial charge < -0.3 is 5.73 Å². The summed E-state index contributed by atoms with van der Waals surface area (Å²) in [4.78, 5) is 4.02. The van der Waals surface area contributed by atoms with E-state index in [1.54, 1.807) is 12.4 Å². The molecule has 1 heterocycles. The lowest BCUT2D eigenvalue weighted by atomic mass is 10.1. The van der Waals surface area contributed by atoms with Gasteiger partial charge in [0, 0.05) is 34.9 Å². The molecule has 1 atom stereocenters. The zero-order valence-electron chi connectivity index (χ0n) is 9.06.